The van der Waals surface area contributed by atoms with Gasteiger partial charge in [-0.25, -0.2) is 9.37 Å². The second kappa shape index (κ2) is 7.55. The number of pyridine rings is 1. The van der Waals surface area contributed by atoms with Crippen LogP contribution in [0.3, 0.4) is 0 Å². The number of nitrogens with zero attached hydrogens (tertiary/aromatic N) is 2. The zero-order valence-corrected chi connectivity index (χ0v) is 14.5. The molecule has 1 aromatic heterocycles. The Morgan fingerprint density at radius 3 is 2.35 bits per heavy atom. The monoisotopic (exact) mass is 316 g/mol. The molecule has 0 saturated carbocycles. The van der Waals surface area contributed by atoms with Gasteiger partial charge in [0.05, 0.1) is 13.3 Å². The van der Waals surface area contributed by atoms with E-state index >= 15 is 0 Å². The number of hydrogen-bond donors (Lipinski definition) is 0. The molecule has 0 aliphatic carbocycles. The van der Waals surface area contributed by atoms with Crippen LogP contribution in [-0.4, -0.2) is 29.1 Å². The number of benzene rings is 1. The minimum atomic E-state index is -0.334. The lowest BCUT2D eigenvalue weighted by Crippen LogP contribution is -2.36. The maximum Gasteiger partial charge on any atom is 0.213 e. The number of rotatable bonds is 6. The van der Waals surface area contributed by atoms with E-state index in [0.29, 0.717) is 23.5 Å². The molecule has 1 heterocycles. The van der Waals surface area contributed by atoms with Gasteiger partial charge in [-0.05, 0) is 38.8 Å². The van der Waals surface area contributed by atoms with E-state index in [2.05, 4.69) is 43.6 Å². The molecule has 0 radical (unpaired) electrons. The fourth-order valence-corrected chi connectivity index (χ4v) is 2.82. The molecule has 0 amide bonds. The summed E-state index contributed by atoms with van der Waals surface area (Å²) in [7, 11) is 1.54. The normalized spacial score (nSPS) is 11.5. The van der Waals surface area contributed by atoms with Gasteiger partial charge in [0.1, 0.15) is 5.82 Å². The van der Waals surface area contributed by atoms with E-state index in [1.165, 1.54) is 13.3 Å². The molecular formula is C19H25FN2O. The van der Waals surface area contributed by atoms with Gasteiger partial charge in [0.2, 0.25) is 5.88 Å². The summed E-state index contributed by atoms with van der Waals surface area (Å²) in [5.74, 6) is 0.0830. The number of ether oxygens (including phenoxy) is 1. The van der Waals surface area contributed by atoms with Crippen molar-refractivity contribution in [1.29, 1.82) is 0 Å². The van der Waals surface area contributed by atoms with Gasteiger partial charge in [-0.3, -0.25) is 4.90 Å². The molecule has 2 rings (SSSR count). The van der Waals surface area contributed by atoms with Crippen LogP contribution in [0.2, 0.25) is 0 Å². The molecule has 2 aromatic rings. The van der Waals surface area contributed by atoms with Crippen LogP contribution in [0.4, 0.5) is 4.39 Å². The highest BCUT2D eigenvalue weighted by Gasteiger charge is 2.17. The maximum absolute atomic E-state index is 14.3. The Morgan fingerprint density at radius 2 is 1.74 bits per heavy atom. The summed E-state index contributed by atoms with van der Waals surface area (Å²) in [6, 6.07) is 10.4. The molecule has 0 fully saturated rings. The maximum atomic E-state index is 14.3. The van der Waals surface area contributed by atoms with Crippen molar-refractivity contribution in [3.63, 3.8) is 0 Å². The molecular weight excluding hydrogens is 291 g/mol. The third kappa shape index (κ3) is 4.08. The van der Waals surface area contributed by atoms with Crippen LogP contribution < -0.4 is 4.74 Å². The molecule has 1 aromatic carbocycles. The molecule has 0 spiro atoms. The Hall–Kier alpha value is -1.94. The highest BCUT2D eigenvalue weighted by atomic mass is 19.1. The second-order valence-corrected chi connectivity index (χ2v) is 6.22. The Kier molecular flexibility index (Phi) is 5.72. The zero-order chi connectivity index (χ0) is 17.0. The van der Waals surface area contributed by atoms with Crippen molar-refractivity contribution < 1.29 is 9.13 Å². The van der Waals surface area contributed by atoms with Crippen LogP contribution in [0.1, 0.15) is 33.3 Å². The minimum absolute atomic E-state index is 0.334. The average Bonchev–Trinajstić information content (AvgIpc) is 2.53. The van der Waals surface area contributed by atoms with Crippen LogP contribution in [0, 0.1) is 5.82 Å². The Balaban J connectivity index is 2.45. The van der Waals surface area contributed by atoms with Crippen LogP contribution in [0.5, 0.6) is 5.88 Å². The lowest BCUT2D eigenvalue weighted by molar-refractivity contribution is 0.166. The second-order valence-electron chi connectivity index (χ2n) is 6.22. The molecule has 0 N–H and O–H groups in total. The van der Waals surface area contributed by atoms with Crippen molar-refractivity contribution in [2.45, 2.75) is 46.3 Å². The Morgan fingerprint density at radius 1 is 1.09 bits per heavy atom. The lowest BCUT2D eigenvalue weighted by atomic mass is 9.99. The fourth-order valence-electron chi connectivity index (χ4n) is 2.82. The van der Waals surface area contributed by atoms with Gasteiger partial charge >= 0.3 is 0 Å². The van der Waals surface area contributed by atoms with E-state index in [0.717, 1.165) is 17.7 Å². The van der Waals surface area contributed by atoms with Crippen molar-refractivity contribution in [2.75, 3.05) is 7.11 Å². The Bertz CT molecular complexity index is 648. The minimum Gasteiger partial charge on any atom is -0.481 e. The number of methoxy groups -OCH3 is 1. The Labute approximate surface area is 138 Å². The molecule has 0 saturated heterocycles. The quantitative estimate of drug-likeness (QED) is 0.784. The summed E-state index contributed by atoms with van der Waals surface area (Å²) in [4.78, 5) is 6.31. The molecule has 0 aliphatic rings. The number of hydrogen-bond acceptors (Lipinski definition) is 3. The number of halogens is 1. The third-order valence-electron chi connectivity index (χ3n) is 4.03. The van der Waals surface area contributed by atoms with Crippen LogP contribution in [0.25, 0.3) is 11.1 Å². The molecule has 0 unspecified atom stereocenters. The van der Waals surface area contributed by atoms with Gasteiger partial charge in [-0.2, -0.15) is 0 Å². The first-order valence-corrected chi connectivity index (χ1v) is 7.97. The van der Waals surface area contributed by atoms with E-state index in [4.69, 9.17) is 4.74 Å². The molecule has 0 atom stereocenters. The van der Waals surface area contributed by atoms with Gasteiger partial charge in [-0.15, -0.1) is 0 Å². The highest BCUT2D eigenvalue weighted by molar-refractivity contribution is 5.68. The van der Waals surface area contributed by atoms with E-state index in [9.17, 15) is 4.39 Å². The highest BCUT2D eigenvalue weighted by Crippen LogP contribution is 2.30. The van der Waals surface area contributed by atoms with Crippen LogP contribution in [0.15, 0.2) is 36.5 Å². The average molecular weight is 316 g/mol. The summed E-state index contributed by atoms with van der Waals surface area (Å²) >= 11 is 0. The van der Waals surface area contributed by atoms with Crippen molar-refractivity contribution in [1.82, 2.24) is 9.88 Å². The molecule has 124 valence electrons. The summed E-state index contributed by atoms with van der Waals surface area (Å²) < 4.78 is 19.4. The first-order valence-electron chi connectivity index (χ1n) is 7.97. The SMILES string of the molecule is COc1cc(-c2ccccc2CN(C(C)C)C(C)C)c(F)cn1. The summed E-state index contributed by atoms with van der Waals surface area (Å²) in [6.07, 6.45) is 1.22. The van der Waals surface area contributed by atoms with E-state index in [-0.39, 0.29) is 5.82 Å². The first kappa shape index (κ1) is 17.4. The standard InChI is InChI=1S/C19H25FN2O/c1-13(2)22(14(3)4)12-15-8-6-7-9-16(15)17-10-19(23-5)21-11-18(17)20/h6-11,13-14H,12H2,1-5H3. The van der Waals surface area contributed by atoms with Gasteiger partial charge in [0.15, 0.2) is 0 Å². The fraction of sp³-hybridized carbons (Fsp3) is 0.421. The van der Waals surface area contributed by atoms with Crippen molar-refractivity contribution in [3.05, 3.63) is 47.9 Å². The van der Waals surface area contributed by atoms with Crippen LogP contribution in [-0.2, 0) is 6.54 Å². The molecule has 3 nitrogen and oxygen atoms in total. The van der Waals surface area contributed by atoms with E-state index in [1.54, 1.807) is 6.07 Å². The summed E-state index contributed by atoms with van der Waals surface area (Å²) in [5, 5.41) is 0. The van der Waals surface area contributed by atoms with Crippen molar-refractivity contribution in [2.24, 2.45) is 0 Å². The number of aromatic nitrogens is 1. The first-order chi connectivity index (χ1) is 10.9. The van der Waals surface area contributed by atoms with Crippen molar-refractivity contribution >= 4 is 0 Å². The lowest BCUT2D eigenvalue weighted by Gasteiger charge is -2.31. The van der Waals surface area contributed by atoms with E-state index in [1.807, 2.05) is 18.2 Å². The predicted molar refractivity (Wildman–Crippen MR) is 92.0 cm³/mol. The largest absolute Gasteiger partial charge is 0.481 e. The van der Waals surface area contributed by atoms with Crippen molar-refractivity contribution in [3.8, 4) is 17.0 Å². The predicted octanol–water partition coefficient (Wildman–Crippen LogP) is 4.52. The molecule has 0 aliphatic heterocycles. The van der Waals surface area contributed by atoms with Crippen LogP contribution >= 0.6 is 0 Å². The smallest absolute Gasteiger partial charge is 0.213 e. The summed E-state index contributed by atoms with van der Waals surface area (Å²) in [5.41, 5.74) is 2.51. The van der Waals surface area contributed by atoms with Gasteiger partial charge < -0.3 is 4.74 Å². The molecule has 4 heteroatoms. The van der Waals surface area contributed by atoms with E-state index < -0.39 is 0 Å². The van der Waals surface area contributed by atoms with Gasteiger partial charge in [-0.1, -0.05) is 24.3 Å². The topological polar surface area (TPSA) is 25.4 Å². The van der Waals surface area contributed by atoms with Gasteiger partial charge in [0.25, 0.3) is 0 Å². The zero-order valence-electron chi connectivity index (χ0n) is 14.5. The third-order valence-corrected chi connectivity index (χ3v) is 4.03. The molecule has 0 bridgehead atoms. The molecule has 23 heavy (non-hydrogen) atoms. The van der Waals surface area contributed by atoms with Gasteiger partial charge in [0, 0.05) is 30.3 Å². The summed E-state index contributed by atoms with van der Waals surface area (Å²) in [6.45, 7) is 9.49.